The van der Waals surface area contributed by atoms with Gasteiger partial charge in [-0.1, -0.05) is 57.0 Å². The molecule has 0 amide bonds. The van der Waals surface area contributed by atoms with E-state index in [1.165, 1.54) is 0 Å². The Morgan fingerprint density at radius 1 is 0.794 bits per heavy atom. The predicted molar refractivity (Wildman–Crippen MR) is 132 cm³/mol. The van der Waals surface area contributed by atoms with E-state index in [0.717, 1.165) is 48.1 Å². The number of hydrogen-bond acceptors (Lipinski definition) is 5. The van der Waals surface area contributed by atoms with Crippen LogP contribution in [0, 0.1) is 22.7 Å². The first-order valence-corrected chi connectivity index (χ1v) is 11.6. The van der Waals surface area contributed by atoms with E-state index in [-0.39, 0.29) is 16.9 Å². The van der Waals surface area contributed by atoms with Gasteiger partial charge in [0.1, 0.15) is 29.2 Å². The van der Waals surface area contributed by atoms with E-state index in [9.17, 15) is 15.3 Å². The van der Waals surface area contributed by atoms with Crippen molar-refractivity contribution in [3.05, 3.63) is 82.9 Å². The molecule has 0 heterocycles. The summed E-state index contributed by atoms with van der Waals surface area (Å²) in [6.45, 7) is 4.86. The molecule has 3 rings (SSSR count). The molecule has 0 aliphatic rings. The van der Waals surface area contributed by atoms with Gasteiger partial charge in [0.15, 0.2) is 0 Å². The van der Waals surface area contributed by atoms with E-state index in [1.807, 2.05) is 42.5 Å². The van der Waals surface area contributed by atoms with Crippen LogP contribution in [-0.2, 0) is 6.42 Å². The Bertz CT molecular complexity index is 1200. The molecule has 0 aliphatic carbocycles. The molecule has 0 saturated carbocycles. The van der Waals surface area contributed by atoms with E-state index < -0.39 is 5.97 Å². The zero-order chi connectivity index (χ0) is 24.3. The molecule has 3 aromatic rings. The number of benzene rings is 3. The van der Waals surface area contributed by atoms with Gasteiger partial charge in [0.05, 0.1) is 17.7 Å². The zero-order valence-corrected chi connectivity index (χ0v) is 19.6. The Hall–Kier alpha value is -4.09. The van der Waals surface area contributed by atoms with Crippen LogP contribution in [0.2, 0.25) is 0 Å². The van der Waals surface area contributed by atoms with Crippen LogP contribution in [0.5, 0.6) is 11.5 Å². The summed E-state index contributed by atoms with van der Waals surface area (Å²) in [5.74, 6) is 0.358. The van der Waals surface area contributed by atoms with Crippen molar-refractivity contribution in [3.8, 4) is 34.8 Å². The van der Waals surface area contributed by atoms with E-state index in [2.05, 4.69) is 19.9 Å². The molecular weight excluding hydrogens is 424 g/mol. The SMILES string of the molecule is CCCCCc1ccc(OC(=O)c2ccc(-c3ccc(OCCC)cc3)cc2)c(C#N)c1C#N. The summed E-state index contributed by atoms with van der Waals surface area (Å²) in [5.41, 5.74) is 3.52. The van der Waals surface area contributed by atoms with Crippen LogP contribution < -0.4 is 9.47 Å². The van der Waals surface area contributed by atoms with Gasteiger partial charge in [-0.3, -0.25) is 0 Å². The maximum absolute atomic E-state index is 12.7. The second kappa shape index (κ2) is 12.2. The molecule has 3 aromatic carbocycles. The number of nitriles is 2. The van der Waals surface area contributed by atoms with Crippen LogP contribution in [0.3, 0.4) is 0 Å². The Morgan fingerprint density at radius 3 is 2.03 bits per heavy atom. The summed E-state index contributed by atoms with van der Waals surface area (Å²) in [7, 11) is 0. The third kappa shape index (κ3) is 6.03. The lowest BCUT2D eigenvalue weighted by molar-refractivity contribution is 0.0734. The molecule has 5 nitrogen and oxygen atoms in total. The minimum atomic E-state index is -0.575. The molecule has 0 bridgehead atoms. The molecule has 0 fully saturated rings. The number of carbonyl (C=O) groups excluding carboxylic acids is 1. The molecule has 0 spiro atoms. The summed E-state index contributed by atoms with van der Waals surface area (Å²) in [6, 6.07) is 22.4. The summed E-state index contributed by atoms with van der Waals surface area (Å²) in [6.07, 6.45) is 4.73. The molecule has 0 unspecified atom stereocenters. The zero-order valence-electron chi connectivity index (χ0n) is 19.6. The third-order valence-electron chi connectivity index (χ3n) is 5.51. The number of ether oxygens (including phenoxy) is 2. The predicted octanol–water partition coefficient (Wildman–Crippen LogP) is 6.84. The topological polar surface area (TPSA) is 83.1 Å². The van der Waals surface area contributed by atoms with Gasteiger partial charge in [0.25, 0.3) is 0 Å². The Balaban J connectivity index is 1.74. The molecule has 0 aromatic heterocycles. The van der Waals surface area contributed by atoms with Crippen molar-refractivity contribution < 1.29 is 14.3 Å². The number of nitrogens with zero attached hydrogens (tertiary/aromatic N) is 2. The number of esters is 1. The van der Waals surface area contributed by atoms with Crippen LogP contribution in [0.15, 0.2) is 60.7 Å². The van der Waals surface area contributed by atoms with Crippen molar-refractivity contribution in [3.63, 3.8) is 0 Å². The summed E-state index contributed by atoms with van der Waals surface area (Å²) in [5, 5.41) is 19.2. The van der Waals surface area contributed by atoms with Gasteiger partial charge >= 0.3 is 5.97 Å². The van der Waals surface area contributed by atoms with Gasteiger partial charge < -0.3 is 9.47 Å². The normalized spacial score (nSPS) is 10.2. The number of hydrogen-bond donors (Lipinski definition) is 0. The van der Waals surface area contributed by atoms with Crippen molar-refractivity contribution >= 4 is 5.97 Å². The fourth-order valence-electron chi connectivity index (χ4n) is 3.65. The molecular formula is C29H28N2O3. The smallest absolute Gasteiger partial charge is 0.343 e. The first-order valence-electron chi connectivity index (χ1n) is 11.6. The van der Waals surface area contributed by atoms with Gasteiger partial charge in [-0.25, -0.2) is 4.79 Å². The van der Waals surface area contributed by atoms with Crippen LogP contribution >= 0.6 is 0 Å². The van der Waals surface area contributed by atoms with Crippen LogP contribution in [0.25, 0.3) is 11.1 Å². The molecule has 0 saturated heterocycles. The fraction of sp³-hybridized carbons (Fsp3) is 0.276. The number of aryl methyl sites for hydroxylation is 1. The Morgan fingerprint density at radius 2 is 1.44 bits per heavy atom. The molecule has 172 valence electrons. The van der Waals surface area contributed by atoms with Gasteiger partial charge in [-0.05, 0) is 66.3 Å². The number of carbonyl (C=O) groups is 1. The standard InChI is InChI=1S/C29H28N2O3/c1-3-5-6-7-23-14-17-28(27(20-31)26(23)19-30)34-29(32)24-10-8-21(9-11-24)22-12-15-25(16-13-22)33-18-4-2/h8-17H,3-7,18H2,1-2H3. The molecule has 0 aliphatic heterocycles. The molecule has 34 heavy (non-hydrogen) atoms. The van der Waals surface area contributed by atoms with Crippen LogP contribution in [0.1, 0.15) is 66.6 Å². The lowest BCUT2D eigenvalue weighted by Crippen LogP contribution is -2.10. The largest absolute Gasteiger partial charge is 0.494 e. The second-order valence-electron chi connectivity index (χ2n) is 7.99. The average molecular weight is 453 g/mol. The second-order valence-corrected chi connectivity index (χ2v) is 7.99. The van der Waals surface area contributed by atoms with Gasteiger partial charge in [0.2, 0.25) is 0 Å². The Labute approximate surface area is 201 Å². The highest BCUT2D eigenvalue weighted by molar-refractivity contribution is 5.92. The van der Waals surface area contributed by atoms with Crippen molar-refractivity contribution in [2.45, 2.75) is 46.0 Å². The first kappa shape index (κ1) is 24.6. The molecule has 0 N–H and O–H groups in total. The van der Waals surface area contributed by atoms with Crippen molar-refractivity contribution in [1.29, 1.82) is 10.5 Å². The van der Waals surface area contributed by atoms with Gasteiger partial charge in [-0.15, -0.1) is 0 Å². The lowest BCUT2D eigenvalue weighted by atomic mass is 9.97. The highest BCUT2D eigenvalue weighted by Crippen LogP contribution is 2.28. The first-order chi connectivity index (χ1) is 16.6. The van der Waals surface area contributed by atoms with E-state index in [0.29, 0.717) is 18.6 Å². The molecule has 0 atom stereocenters. The minimum absolute atomic E-state index is 0.104. The summed E-state index contributed by atoms with van der Waals surface area (Å²) < 4.78 is 11.1. The highest BCUT2D eigenvalue weighted by Gasteiger charge is 2.18. The monoisotopic (exact) mass is 452 g/mol. The summed E-state index contributed by atoms with van der Waals surface area (Å²) >= 11 is 0. The average Bonchev–Trinajstić information content (AvgIpc) is 2.88. The minimum Gasteiger partial charge on any atom is -0.494 e. The van der Waals surface area contributed by atoms with Gasteiger partial charge in [0, 0.05) is 0 Å². The van der Waals surface area contributed by atoms with E-state index in [4.69, 9.17) is 9.47 Å². The van der Waals surface area contributed by atoms with Crippen LogP contribution in [-0.4, -0.2) is 12.6 Å². The lowest BCUT2D eigenvalue weighted by Gasteiger charge is -2.11. The number of rotatable bonds is 10. The maximum atomic E-state index is 12.7. The van der Waals surface area contributed by atoms with Crippen LogP contribution in [0.4, 0.5) is 0 Å². The summed E-state index contributed by atoms with van der Waals surface area (Å²) in [4.78, 5) is 12.7. The maximum Gasteiger partial charge on any atom is 0.343 e. The third-order valence-corrected chi connectivity index (χ3v) is 5.51. The fourth-order valence-corrected chi connectivity index (χ4v) is 3.65. The highest BCUT2D eigenvalue weighted by atomic mass is 16.5. The van der Waals surface area contributed by atoms with Crippen molar-refractivity contribution in [2.75, 3.05) is 6.61 Å². The van der Waals surface area contributed by atoms with Crippen molar-refractivity contribution in [1.82, 2.24) is 0 Å². The van der Waals surface area contributed by atoms with Gasteiger partial charge in [-0.2, -0.15) is 10.5 Å². The van der Waals surface area contributed by atoms with E-state index >= 15 is 0 Å². The quantitative estimate of drug-likeness (QED) is 0.191. The molecule has 5 heteroatoms. The van der Waals surface area contributed by atoms with Crippen molar-refractivity contribution in [2.24, 2.45) is 0 Å². The Kier molecular flexibility index (Phi) is 8.83. The number of unbranched alkanes of at least 4 members (excludes halogenated alkanes) is 2. The van der Waals surface area contributed by atoms with E-state index in [1.54, 1.807) is 24.3 Å². The molecule has 0 radical (unpaired) electrons.